The smallest absolute Gasteiger partial charge is 0.386 e. The van der Waals surface area contributed by atoms with Gasteiger partial charge in [0.2, 0.25) is 0 Å². The fourth-order valence-corrected chi connectivity index (χ4v) is 7.84. The summed E-state index contributed by atoms with van der Waals surface area (Å²) >= 11 is 9.03. The van der Waals surface area contributed by atoms with Crippen molar-refractivity contribution in [3.8, 4) is 0 Å². The molecule has 0 amide bonds. The van der Waals surface area contributed by atoms with Gasteiger partial charge in [-0.05, 0) is 24.6 Å². The topological polar surface area (TPSA) is 226 Å². The lowest BCUT2D eigenvalue weighted by atomic mass is 10.1. The number of alkyl halides is 1. The van der Waals surface area contributed by atoms with Gasteiger partial charge in [-0.3, -0.25) is 22.9 Å². The molecule has 9 atom stereocenters. The highest BCUT2D eigenvalue weighted by atomic mass is 32.7. The van der Waals surface area contributed by atoms with Gasteiger partial charge in [-0.15, -0.1) is 0 Å². The number of aryl methyl sites for hydroxylation is 1. The molecule has 45 heavy (non-hydrogen) atoms. The maximum atomic E-state index is 15.9. The second-order valence-corrected chi connectivity index (χ2v) is 16.1. The zero-order valence-electron chi connectivity index (χ0n) is 23.5. The third kappa shape index (κ3) is 6.19. The van der Waals surface area contributed by atoms with Crippen molar-refractivity contribution in [2.75, 3.05) is 19.5 Å². The quantitative estimate of drug-likeness (QED) is 0.134. The van der Waals surface area contributed by atoms with Crippen molar-refractivity contribution < 1.29 is 41.8 Å². The average molecular weight is 708 g/mol. The van der Waals surface area contributed by atoms with Crippen LogP contribution in [0, 0.1) is 0 Å². The van der Waals surface area contributed by atoms with Crippen LogP contribution in [-0.4, -0.2) is 92.9 Å². The van der Waals surface area contributed by atoms with Gasteiger partial charge in [0.15, 0.2) is 35.0 Å². The van der Waals surface area contributed by atoms with Crippen LogP contribution in [0.1, 0.15) is 25.1 Å². The molecule has 6 rings (SSSR count). The number of imidazole rings is 2. The first-order valence-electron chi connectivity index (χ1n) is 13.3. The summed E-state index contributed by atoms with van der Waals surface area (Å²) in [4.78, 5) is 43.3. The van der Waals surface area contributed by atoms with Crippen LogP contribution in [0.2, 0.25) is 0 Å². The van der Waals surface area contributed by atoms with Crippen LogP contribution in [-0.2, 0) is 46.3 Å². The Bertz CT molecular complexity index is 1900. The van der Waals surface area contributed by atoms with E-state index < -0.39 is 63.0 Å². The molecule has 2 unspecified atom stereocenters. The van der Waals surface area contributed by atoms with Crippen molar-refractivity contribution in [1.82, 2.24) is 38.6 Å². The first-order chi connectivity index (χ1) is 21.3. The molecule has 1 saturated heterocycles. The standard InChI is InChI=1S/C22H28FN9O9P2S2/c1-30-7-29-20-15(21(30)34)28-8-31(20)10-3-4-11(33)16(10)40-43(36,45)38-5-12-17(41-42(35,44)37-2)13(23)22(39-12)32-9-27-14-18(24)25-6-26-19(14)32/h6-13,16-17,22,33H,3-5H2,1-2H3,(H,35,44)(H,36,45)(H2,24,25,26)/t10-,11-,12-,13-,16+,17-,22-,42?,43?/m1/s1. The summed E-state index contributed by atoms with van der Waals surface area (Å²) in [6, 6.07) is -0.627. The van der Waals surface area contributed by atoms with Crippen molar-refractivity contribution in [2.45, 2.75) is 55.7 Å². The highest BCUT2D eigenvalue weighted by Crippen LogP contribution is 2.58. The number of fused-ring (bicyclic) bond motifs is 2. The van der Waals surface area contributed by atoms with E-state index in [0.29, 0.717) is 6.42 Å². The summed E-state index contributed by atoms with van der Waals surface area (Å²) in [7, 11) is 2.64. The Kier molecular flexibility index (Phi) is 8.90. The normalized spacial score (nSPS) is 29.8. The second-order valence-electron chi connectivity index (χ2n) is 10.3. The summed E-state index contributed by atoms with van der Waals surface area (Å²) in [6.45, 7) is -8.82. The Morgan fingerprint density at radius 2 is 1.82 bits per heavy atom. The molecule has 18 nitrogen and oxygen atoms in total. The average Bonchev–Trinajstić information content (AvgIpc) is 3.76. The lowest BCUT2D eigenvalue weighted by Gasteiger charge is -2.27. The van der Waals surface area contributed by atoms with E-state index in [1.165, 1.54) is 34.4 Å². The maximum absolute atomic E-state index is 15.9. The number of nitrogen functional groups attached to an aromatic ring is 1. The number of nitrogens with zero attached hydrogens (tertiary/aromatic N) is 8. The second kappa shape index (κ2) is 12.3. The van der Waals surface area contributed by atoms with Gasteiger partial charge in [-0.1, -0.05) is 12.2 Å². The summed E-state index contributed by atoms with van der Waals surface area (Å²) in [5, 5.41) is 10.7. The molecule has 0 radical (unpaired) electrons. The van der Waals surface area contributed by atoms with Crippen LogP contribution in [0.3, 0.4) is 0 Å². The number of aliphatic hydroxyl groups is 1. The summed E-state index contributed by atoms with van der Waals surface area (Å²) in [5.74, 6) is 0.0626. The Labute approximate surface area is 263 Å². The van der Waals surface area contributed by atoms with Crippen molar-refractivity contribution in [3.63, 3.8) is 0 Å². The SMILES string of the molecule is COP(O)(=S)O[C@H]1[C@@H](F)[C@H](n2cnc3c(N)ncnc32)O[C@@H]1COP(=O)(S)O[C@@H]1[C@H](O)CC[C@H]1n1cnc2c(=O)n(C)cnc21. The molecule has 2 aliphatic rings. The number of anilines is 1. The van der Waals surface area contributed by atoms with Crippen molar-refractivity contribution in [1.29, 1.82) is 0 Å². The predicted molar refractivity (Wildman–Crippen MR) is 161 cm³/mol. The van der Waals surface area contributed by atoms with E-state index in [2.05, 4.69) is 37.2 Å². The Balaban J connectivity index is 1.22. The molecule has 1 aliphatic heterocycles. The minimum atomic E-state index is -4.29. The Morgan fingerprint density at radius 3 is 2.58 bits per heavy atom. The number of hydrogen-bond acceptors (Lipinski definition) is 15. The van der Waals surface area contributed by atoms with Crippen LogP contribution in [0.4, 0.5) is 10.2 Å². The summed E-state index contributed by atoms with van der Waals surface area (Å²) < 4.78 is 60.9. The molecule has 5 heterocycles. The van der Waals surface area contributed by atoms with Gasteiger partial charge in [0.25, 0.3) is 5.56 Å². The number of aromatic nitrogens is 8. The van der Waals surface area contributed by atoms with Gasteiger partial charge in [0.1, 0.15) is 30.2 Å². The predicted octanol–water partition coefficient (Wildman–Crippen LogP) is 1.17. The Morgan fingerprint density at radius 1 is 1.11 bits per heavy atom. The van der Waals surface area contributed by atoms with E-state index in [4.69, 9.17) is 40.4 Å². The fourth-order valence-electron chi connectivity index (χ4n) is 5.38. The van der Waals surface area contributed by atoms with Crippen molar-refractivity contribution >= 4 is 65.7 Å². The molecule has 4 aromatic rings. The molecule has 1 aliphatic carbocycles. The van der Waals surface area contributed by atoms with E-state index in [-0.39, 0.29) is 40.1 Å². The molecule has 1 saturated carbocycles. The largest absolute Gasteiger partial charge is 0.390 e. The lowest BCUT2D eigenvalue weighted by molar-refractivity contribution is -0.0440. The number of rotatable bonds is 10. The monoisotopic (exact) mass is 707 g/mol. The number of nitrogens with two attached hydrogens (primary N) is 1. The van der Waals surface area contributed by atoms with Crippen molar-refractivity contribution in [3.05, 3.63) is 35.7 Å². The summed E-state index contributed by atoms with van der Waals surface area (Å²) in [6.07, 6.45) is -2.66. The third-order valence-corrected chi connectivity index (χ3v) is 10.9. The highest BCUT2D eigenvalue weighted by Gasteiger charge is 2.51. The van der Waals surface area contributed by atoms with Gasteiger partial charge < -0.3 is 34.1 Å². The zero-order valence-corrected chi connectivity index (χ0v) is 27.0. The first-order valence-corrected chi connectivity index (χ1v) is 18.6. The fraction of sp³-hybridized carbons (Fsp3) is 0.545. The van der Waals surface area contributed by atoms with Gasteiger partial charge in [-0.2, -0.15) is 0 Å². The molecule has 244 valence electrons. The van der Waals surface area contributed by atoms with E-state index in [1.807, 2.05) is 0 Å². The number of halogens is 1. The van der Waals surface area contributed by atoms with Gasteiger partial charge in [0, 0.05) is 14.2 Å². The minimum Gasteiger partial charge on any atom is -0.390 e. The lowest BCUT2D eigenvalue weighted by Crippen LogP contribution is -2.34. The Hall–Kier alpha value is -2.42. The van der Waals surface area contributed by atoms with E-state index >= 15 is 4.39 Å². The molecular weight excluding hydrogens is 679 g/mol. The van der Waals surface area contributed by atoms with Crippen LogP contribution in [0.5, 0.6) is 0 Å². The number of aliphatic hydroxyl groups excluding tert-OH is 1. The summed E-state index contributed by atoms with van der Waals surface area (Å²) in [5.41, 5.74) is 6.23. The van der Waals surface area contributed by atoms with E-state index in [0.717, 1.165) is 7.11 Å². The number of ether oxygens (including phenoxy) is 1. The van der Waals surface area contributed by atoms with Crippen LogP contribution >= 0.6 is 25.8 Å². The van der Waals surface area contributed by atoms with Gasteiger partial charge >= 0.3 is 13.5 Å². The molecule has 2 fully saturated rings. The minimum absolute atomic E-state index is 0.0626. The van der Waals surface area contributed by atoms with Crippen LogP contribution < -0.4 is 11.3 Å². The molecular formula is C22H28FN9O9P2S2. The molecule has 4 aromatic heterocycles. The molecule has 4 N–H and O–H groups in total. The molecule has 0 bridgehead atoms. The van der Waals surface area contributed by atoms with Crippen LogP contribution in [0.15, 0.2) is 30.1 Å². The number of thiol groups is 1. The van der Waals surface area contributed by atoms with E-state index in [1.54, 1.807) is 11.6 Å². The molecule has 0 spiro atoms. The molecule has 0 aromatic carbocycles. The number of hydrogen-bond donors (Lipinski definition) is 4. The van der Waals surface area contributed by atoms with E-state index in [9.17, 15) is 19.4 Å². The highest BCUT2D eigenvalue weighted by molar-refractivity contribution is 8.44. The first kappa shape index (κ1) is 32.5. The third-order valence-electron chi connectivity index (χ3n) is 7.59. The van der Waals surface area contributed by atoms with Gasteiger partial charge in [0.05, 0.1) is 37.7 Å². The van der Waals surface area contributed by atoms with Crippen molar-refractivity contribution in [2.24, 2.45) is 7.05 Å². The zero-order chi connectivity index (χ0) is 32.3. The maximum Gasteiger partial charge on any atom is 0.386 e. The molecule has 23 heteroatoms. The van der Waals surface area contributed by atoms with Gasteiger partial charge in [-0.25, -0.2) is 33.9 Å². The van der Waals surface area contributed by atoms with Crippen LogP contribution in [0.25, 0.3) is 22.3 Å².